The molecule has 1 aromatic carbocycles. The van der Waals surface area contributed by atoms with E-state index in [0.29, 0.717) is 11.3 Å². The number of carbonyl (C=O) groups is 1. The lowest BCUT2D eigenvalue weighted by Gasteiger charge is -2.07. The summed E-state index contributed by atoms with van der Waals surface area (Å²) in [4.78, 5) is 17.0. The molecule has 3 aromatic rings. The third-order valence-corrected chi connectivity index (χ3v) is 4.66. The quantitative estimate of drug-likeness (QED) is 0.744. The van der Waals surface area contributed by atoms with Crippen LogP contribution in [-0.2, 0) is 6.54 Å². The van der Waals surface area contributed by atoms with Gasteiger partial charge in [0.15, 0.2) is 10.6 Å². The van der Waals surface area contributed by atoms with Gasteiger partial charge in [0, 0.05) is 6.54 Å². The van der Waals surface area contributed by atoms with Crippen molar-refractivity contribution in [2.75, 3.05) is 7.11 Å². The second kappa shape index (κ2) is 5.81. The number of aromatic nitrogens is 1. The molecule has 2 heterocycles. The number of hydrogen-bond donors (Lipinski definition) is 0. The number of fused-ring (bicyclic) bond motifs is 1. The van der Waals surface area contributed by atoms with Gasteiger partial charge in [-0.2, -0.15) is 4.99 Å². The number of methoxy groups -OCH3 is 1. The van der Waals surface area contributed by atoms with E-state index in [1.165, 1.54) is 17.6 Å². The summed E-state index contributed by atoms with van der Waals surface area (Å²) in [5.41, 5.74) is 2.11. The van der Waals surface area contributed by atoms with Gasteiger partial charge in [0.2, 0.25) is 0 Å². The maximum atomic E-state index is 12.2. The molecule has 0 aliphatic rings. The number of benzene rings is 1. The molecule has 0 radical (unpaired) electrons. The minimum absolute atomic E-state index is 0.240. The summed E-state index contributed by atoms with van der Waals surface area (Å²) < 4.78 is 13.6. The van der Waals surface area contributed by atoms with Gasteiger partial charge < -0.3 is 13.7 Å². The molecule has 0 atom stereocenters. The van der Waals surface area contributed by atoms with Crippen LogP contribution < -0.4 is 9.54 Å². The summed E-state index contributed by atoms with van der Waals surface area (Å²) in [6, 6.07) is 7.24. The Hall–Kier alpha value is -2.34. The number of aryl methyl sites for hydroxylation is 2. The monoisotopic (exact) mass is 316 g/mol. The van der Waals surface area contributed by atoms with Crippen LogP contribution in [0.4, 0.5) is 0 Å². The first-order chi connectivity index (χ1) is 10.7. The molecule has 0 bridgehead atoms. The molecule has 6 heteroatoms. The van der Waals surface area contributed by atoms with Crippen LogP contribution in [0.2, 0.25) is 0 Å². The van der Waals surface area contributed by atoms with Crippen molar-refractivity contribution in [2.24, 2.45) is 4.99 Å². The number of furan rings is 1. The number of amides is 1. The first kappa shape index (κ1) is 14.6. The maximum absolute atomic E-state index is 12.2. The molecule has 5 nitrogen and oxygen atoms in total. The van der Waals surface area contributed by atoms with Crippen molar-refractivity contribution < 1.29 is 13.9 Å². The van der Waals surface area contributed by atoms with Gasteiger partial charge in [0.05, 0.1) is 18.1 Å². The highest BCUT2D eigenvalue weighted by Crippen LogP contribution is 2.30. The molecular weight excluding hydrogens is 300 g/mol. The van der Waals surface area contributed by atoms with Crippen molar-refractivity contribution in [3.05, 3.63) is 46.7 Å². The van der Waals surface area contributed by atoms with E-state index >= 15 is 0 Å². The van der Waals surface area contributed by atoms with Gasteiger partial charge in [0.1, 0.15) is 11.3 Å². The Labute approximate surface area is 131 Å². The van der Waals surface area contributed by atoms with Crippen LogP contribution in [0, 0.1) is 6.92 Å². The molecule has 0 saturated carbocycles. The highest BCUT2D eigenvalue weighted by atomic mass is 32.1. The van der Waals surface area contributed by atoms with Gasteiger partial charge >= 0.3 is 5.91 Å². The minimum Gasteiger partial charge on any atom is -0.495 e. The van der Waals surface area contributed by atoms with Gasteiger partial charge in [0.25, 0.3) is 0 Å². The molecule has 0 saturated heterocycles. The molecule has 0 N–H and O–H groups in total. The van der Waals surface area contributed by atoms with Crippen LogP contribution in [-0.4, -0.2) is 17.6 Å². The molecular formula is C16H16N2O3S. The number of rotatable bonds is 3. The van der Waals surface area contributed by atoms with E-state index in [1.54, 1.807) is 19.2 Å². The highest BCUT2D eigenvalue weighted by Gasteiger charge is 2.14. The second-order valence-corrected chi connectivity index (χ2v) is 5.76. The Kier molecular flexibility index (Phi) is 3.85. The van der Waals surface area contributed by atoms with Gasteiger partial charge in [-0.1, -0.05) is 17.4 Å². The Morgan fingerprint density at radius 1 is 1.41 bits per heavy atom. The number of hydrogen-bond acceptors (Lipinski definition) is 4. The van der Waals surface area contributed by atoms with Crippen LogP contribution >= 0.6 is 11.3 Å². The highest BCUT2D eigenvalue weighted by molar-refractivity contribution is 7.16. The summed E-state index contributed by atoms with van der Waals surface area (Å²) in [6.45, 7) is 4.75. The SMILES string of the molecule is CCn1c(=NC(=O)c2ccco2)sc2c(C)ccc(OC)c21. The summed E-state index contributed by atoms with van der Waals surface area (Å²) >= 11 is 1.48. The predicted molar refractivity (Wildman–Crippen MR) is 85.4 cm³/mol. The van der Waals surface area contributed by atoms with Gasteiger partial charge in [-0.05, 0) is 37.6 Å². The van der Waals surface area contributed by atoms with E-state index in [1.807, 2.05) is 30.5 Å². The van der Waals surface area contributed by atoms with E-state index in [-0.39, 0.29) is 11.7 Å². The Bertz CT molecular complexity index is 888. The van der Waals surface area contributed by atoms with E-state index in [4.69, 9.17) is 9.15 Å². The number of carbonyl (C=O) groups excluding carboxylic acids is 1. The molecule has 0 aliphatic heterocycles. The zero-order valence-electron chi connectivity index (χ0n) is 12.6. The minimum atomic E-state index is -0.379. The normalized spacial score (nSPS) is 12.0. The fraction of sp³-hybridized carbons (Fsp3) is 0.250. The lowest BCUT2D eigenvalue weighted by atomic mass is 10.2. The third kappa shape index (κ3) is 2.35. The molecule has 2 aromatic heterocycles. The van der Waals surface area contributed by atoms with E-state index in [0.717, 1.165) is 21.5 Å². The molecule has 0 spiro atoms. The first-order valence-electron chi connectivity index (χ1n) is 6.95. The lowest BCUT2D eigenvalue weighted by molar-refractivity contribution is 0.0971. The molecule has 0 fully saturated rings. The predicted octanol–water partition coefficient (Wildman–Crippen LogP) is 3.37. The summed E-state index contributed by atoms with van der Waals surface area (Å²) in [5, 5.41) is 0. The van der Waals surface area contributed by atoms with E-state index in [9.17, 15) is 4.79 Å². The molecule has 1 amide bonds. The van der Waals surface area contributed by atoms with Crippen LogP contribution in [0.5, 0.6) is 5.75 Å². The Morgan fingerprint density at radius 2 is 2.23 bits per heavy atom. The van der Waals surface area contributed by atoms with E-state index < -0.39 is 0 Å². The average molecular weight is 316 g/mol. The van der Waals surface area contributed by atoms with Crippen LogP contribution in [0.3, 0.4) is 0 Å². The van der Waals surface area contributed by atoms with Crippen molar-refractivity contribution in [2.45, 2.75) is 20.4 Å². The van der Waals surface area contributed by atoms with Gasteiger partial charge in [-0.3, -0.25) is 4.79 Å². The summed E-state index contributed by atoms with van der Waals surface area (Å²) in [6.07, 6.45) is 1.47. The Morgan fingerprint density at radius 3 is 2.86 bits per heavy atom. The van der Waals surface area contributed by atoms with Crippen LogP contribution in [0.15, 0.2) is 39.9 Å². The lowest BCUT2D eigenvalue weighted by Crippen LogP contribution is -2.16. The van der Waals surface area contributed by atoms with Gasteiger partial charge in [-0.25, -0.2) is 0 Å². The van der Waals surface area contributed by atoms with Crippen LogP contribution in [0.25, 0.3) is 10.2 Å². The number of nitrogens with zero attached hydrogens (tertiary/aromatic N) is 2. The number of thiazole rings is 1. The van der Waals surface area contributed by atoms with Crippen molar-refractivity contribution in [3.63, 3.8) is 0 Å². The second-order valence-electron chi connectivity index (χ2n) is 4.79. The molecule has 3 rings (SSSR count). The molecule has 0 aliphatic carbocycles. The van der Waals surface area contributed by atoms with Crippen molar-refractivity contribution in [1.82, 2.24) is 4.57 Å². The standard InChI is InChI=1S/C16H16N2O3S/c1-4-18-13-11(20-3)8-7-10(2)14(13)22-16(18)17-15(19)12-6-5-9-21-12/h5-9H,4H2,1-3H3. The fourth-order valence-electron chi connectivity index (χ4n) is 2.36. The zero-order valence-corrected chi connectivity index (χ0v) is 13.4. The smallest absolute Gasteiger partial charge is 0.315 e. The van der Waals surface area contributed by atoms with Crippen molar-refractivity contribution in [1.29, 1.82) is 0 Å². The largest absolute Gasteiger partial charge is 0.495 e. The number of ether oxygens (including phenoxy) is 1. The maximum Gasteiger partial charge on any atom is 0.315 e. The van der Waals surface area contributed by atoms with Crippen LogP contribution in [0.1, 0.15) is 23.0 Å². The van der Waals surface area contributed by atoms with Gasteiger partial charge in [-0.15, -0.1) is 0 Å². The van der Waals surface area contributed by atoms with Crippen molar-refractivity contribution >= 4 is 27.5 Å². The summed E-state index contributed by atoms with van der Waals surface area (Å²) in [7, 11) is 1.65. The topological polar surface area (TPSA) is 56.7 Å². The fourth-order valence-corrected chi connectivity index (χ4v) is 3.54. The Balaban J connectivity index is 2.26. The first-order valence-corrected chi connectivity index (χ1v) is 7.76. The van der Waals surface area contributed by atoms with Crippen molar-refractivity contribution in [3.8, 4) is 5.75 Å². The molecule has 114 valence electrons. The zero-order chi connectivity index (χ0) is 15.7. The molecule has 0 unspecified atom stereocenters. The average Bonchev–Trinajstić information content (AvgIpc) is 3.15. The third-order valence-electron chi connectivity index (χ3n) is 3.45. The van der Waals surface area contributed by atoms with E-state index in [2.05, 4.69) is 4.99 Å². The summed E-state index contributed by atoms with van der Waals surface area (Å²) in [5.74, 6) is 0.643. The molecule has 22 heavy (non-hydrogen) atoms.